The predicted molar refractivity (Wildman–Crippen MR) is 185 cm³/mol. The van der Waals surface area contributed by atoms with Crippen molar-refractivity contribution in [2.24, 2.45) is 0 Å². The molecule has 1 aromatic heterocycles. The summed E-state index contributed by atoms with van der Waals surface area (Å²) in [5, 5.41) is 6.90. The summed E-state index contributed by atoms with van der Waals surface area (Å²) in [4.78, 5) is 3.59. The number of benzene rings is 5. The first kappa shape index (κ1) is 28.8. The van der Waals surface area contributed by atoms with Gasteiger partial charge in [-0.3, -0.25) is 4.55 Å². The van der Waals surface area contributed by atoms with Gasteiger partial charge in [-0.15, -0.1) is 0 Å². The van der Waals surface area contributed by atoms with Crippen LogP contribution in [0, 0.1) is 0 Å². The molecule has 0 fully saturated rings. The van der Waals surface area contributed by atoms with Gasteiger partial charge in [-0.1, -0.05) is 103 Å². The molecule has 8 heteroatoms. The van der Waals surface area contributed by atoms with Gasteiger partial charge in [-0.25, -0.2) is 0 Å². The summed E-state index contributed by atoms with van der Waals surface area (Å²) in [6, 6.07) is 36.0. The lowest BCUT2D eigenvalue weighted by Crippen LogP contribution is -2.36. The zero-order valence-electron chi connectivity index (χ0n) is 24.2. The van der Waals surface area contributed by atoms with Crippen molar-refractivity contribution in [3.8, 4) is 0 Å². The van der Waals surface area contributed by atoms with Crippen LogP contribution in [-0.4, -0.2) is 18.7 Å². The molecular formula is C36H31N2O3S3+. The Labute approximate surface area is 265 Å². The molecule has 0 unspecified atom stereocenters. The number of thiazole rings is 1. The van der Waals surface area contributed by atoms with E-state index >= 15 is 0 Å². The fourth-order valence-electron chi connectivity index (χ4n) is 5.92. The fraction of sp³-hybridized carbons (Fsp3) is 0.139. The van der Waals surface area contributed by atoms with Crippen LogP contribution in [0.2, 0.25) is 0 Å². The summed E-state index contributed by atoms with van der Waals surface area (Å²) in [6.07, 6.45) is 5.67. The van der Waals surface area contributed by atoms with E-state index in [1.165, 1.54) is 26.9 Å². The van der Waals surface area contributed by atoms with E-state index in [1.54, 1.807) is 23.1 Å². The lowest BCUT2D eigenvalue weighted by Gasteiger charge is -2.22. The molecular weight excluding hydrogens is 605 g/mol. The van der Waals surface area contributed by atoms with Crippen molar-refractivity contribution in [2.45, 2.75) is 31.2 Å². The maximum absolute atomic E-state index is 11.6. The van der Waals surface area contributed by atoms with E-state index in [4.69, 9.17) is 0 Å². The van der Waals surface area contributed by atoms with Crippen LogP contribution in [0.5, 0.6) is 0 Å². The molecule has 1 N–H and O–H groups in total. The van der Waals surface area contributed by atoms with Gasteiger partial charge in [0.05, 0.1) is 21.9 Å². The second-order valence-corrected chi connectivity index (χ2v) is 14.5. The van der Waals surface area contributed by atoms with E-state index < -0.39 is 10.1 Å². The zero-order valence-corrected chi connectivity index (χ0v) is 26.6. The van der Waals surface area contributed by atoms with Crippen molar-refractivity contribution in [2.75, 3.05) is 10.7 Å². The van der Waals surface area contributed by atoms with Gasteiger partial charge in [0, 0.05) is 28.5 Å². The van der Waals surface area contributed by atoms with Crippen molar-refractivity contribution in [3.63, 3.8) is 0 Å². The lowest BCUT2D eigenvalue weighted by molar-refractivity contribution is -0.667. The maximum atomic E-state index is 11.6. The Hall–Kier alpha value is -3.95. The van der Waals surface area contributed by atoms with E-state index in [2.05, 4.69) is 113 Å². The van der Waals surface area contributed by atoms with Crippen LogP contribution >= 0.6 is 23.1 Å². The third kappa shape index (κ3) is 5.55. The molecule has 5 nitrogen and oxygen atoms in total. The Balaban J connectivity index is 1.37. The molecule has 0 bridgehead atoms. The van der Waals surface area contributed by atoms with Crippen LogP contribution < -0.4 is 9.47 Å². The van der Waals surface area contributed by atoms with Gasteiger partial charge in [0.15, 0.2) is 6.54 Å². The smallest absolute Gasteiger partial charge is 0.265 e. The van der Waals surface area contributed by atoms with Crippen LogP contribution in [0.3, 0.4) is 0 Å². The quantitative estimate of drug-likeness (QED) is 0.133. The Morgan fingerprint density at radius 2 is 1.55 bits per heavy atom. The highest BCUT2D eigenvalue weighted by molar-refractivity contribution is 8.03. The molecule has 0 saturated carbocycles. The molecule has 44 heavy (non-hydrogen) atoms. The number of aryl methyl sites for hydroxylation is 1. The van der Waals surface area contributed by atoms with Crippen molar-refractivity contribution >= 4 is 82.4 Å². The summed E-state index contributed by atoms with van der Waals surface area (Å²) in [5.74, 6) is -0.273. The molecule has 0 saturated heterocycles. The molecule has 0 radical (unpaired) electrons. The summed E-state index contributed by atoms with van der Waals surface area (Å²) in [6.45, 7) is 2.65. The monoisotopic (exact) mass is 635 g/mol. The van der Waals surface area contributed by atoms with Crippen molar-refractivity contribution in [3.05, 3.63) is 125 Å². The summed E-state index contributed by atoms with van der Waals surface area (Å²) >= 11 is 3.49. The number of hydrogen-bond donors (Lipinski definition) is 1. The van der Waals surface area contributed by atoms with Crippen LogP contribution in [0.4, 0.5) is 11.4 Å². The minimum atomic E-state index is -4.05. The van der Waals surface area contributed by atoms with Crippen LogP contribution in [-0.2, 0) is 16.7 Å². The average molecular weight is 636 g/mol. The minimum Gasteiger partial charge on any atom is -0.303 e. The standard InChI is InChI=1S/C36H30N2O3S3/c1-2-25(23-33-37(21-10-22-44(39,40)41)35-29-15-8-6-11-26(29)17-19-31(35)42-33)24-34-38(28-13-4-3-5-14-28)36-30-16-9-7-12-27(30)18-20-32(36)43-34/h3-9,11-20,23-24H,2,10,21-22H2,1H3/p+1. The van der Waals surface area contributed by atoms with Gasteiger partial charge in [-0.2, -0.15) is 13.0 Å². The van der Waals surface area contributed by atoms with Crippen molar-refractivity contribution in [1.82, 2.24) is 0 Å². The molecule has 0 amide bonds. The molecule has 0 atom stereocenters. The highest BCUT2D eigenvalue weighted by atomic mass is 32.2. The summed E-state index contributed by atoms with van der Waals surface area (Å²) in [7, 11) is -4.05. The van der Waals surface area contributed by atoms with Crippen LogP contribution in [0.1, 0.15) is 24.8 Å². The SMILES string of the molecule is CCC(=Cc1sc2ccc3ccccc3c2[n+]1CCCS(=O)(=O)O)C=C1Sc2ccc3ccccc3c2N1c1ccccc1. The fourth-order valence-corrected chi connectivity index (χ4v) is 8.75. The van der Waals surface area contributed by atoms with Crippen molar-refractivity contribution < 1.29 is 17.5 Å². The predicted octanol–water partition coefficient (Wildman–Crippen LogP) is 9.35. The normalized spacial score (nSPS) is 14.7. The van der Waals surface area contributed by atoms with Crippen molar-refractivity contribution in [1.29, 1.82) is 0 Å². The van der Waals surface area contributed by atoms with Gasteiger partial charge in [-0.05, 0) is 59.2 Å². The molecule has 0 aliphatic carbocycles. The second kappa shape index (κ2) is 11.9. The minimum absolute atomic E-state index is 0.273. The van der Waals surface area contributed by atoms with E-state index in [0.717, 1.165) is 43.1 Å². The topological polar surface area (TPSA) is 61.5 Å². The number of thioether (sulfide) groups is 1. The van der Waals surface area contributed by atoms with Crippen LogP contribution in [0.15, 0.2) is 125 Å². The first-order valence-electron chi connectivity index (χ1n) is 14.7. The van der Waals surface area contributed by atoms with Gasteiger partial charge >= 0.3 is 0 Å². The lowest BCUT2D eigenvalue weighted by atomic mass is 10.1. The number of allylic oxidation sites excluding steroid dienone is 2. The highest BCUT2D eigenvalue weighted by Gasteiger charge is 2.29. The highest BCUT2D eigenvalue weighted by Crippen LogP contribution is 2.53. The van der Waals surface area contributed by atoms with Gasteiger partial charge in [0.25, 0.3) is 15.1 Å². The van der Waals surface area contributed by atoms with Gasteiger partial charge in [0.2, 0.25) is 5.52 Å². The zero-order chi connectivity index (χ0) is 30.3. The molecule has 0 spiro atoms. The molecule has 220 valence electrons. The number of rotatable bonds is 8. The number of anilines is 2. The van der Waals surface area contributed by atoms with Gasteiger partial charge in [0.1, 0.15) is 4.70 Å². The largest absolute Gasteiger partial charge is 0.303 e. The van der Waals surface area contributed by atoms with E-state index in [1.807, 2.05) is 18.2 Å². The Morgan fingerprint density at radius 3 is 2.30 bits per heavy atom. The molecule has 7 rings (SSSR count). The Morgan fingerprint density at radius 1 is 0.864 bits per heavy atom. The number of nitrogens with zero attached hydrogens (tertiary/aromatic N) is 2. The molecule has 6 aromatic rings. The van der Waals surface area contributed by atoms with E-state index in [-0.39, 0.29) is 5.75 Å². The number of aromatic nitrogens is 1. The molecule has 1 aliphatic heterocycles. The molecule has 1 aliphatic rings. The molecule has 5 aromatic carbocycles. The van der Waals surface area contributed by atoms with Crippen LogP contribution in [0.25, 0.3) is 37.8 Å². The van der Waals surface area contributed by atoms with Gasteiger partial charge < -0.3 is 4.90 Å². The first-order chi connectivity index (χ1) is 21.4. The third-order valence-electron chi connectivity index (χ3n) is 7.96. The third-order valence-corrected chi connectivity index (χ3v) is 10.9. The summed E-state index contributed by atoms with van der Waals surface area (Å²) < 4.78 is 36.0. The number of hydrogen-bond acceptors (Lipinski definition) is 5. The second-order valence-electron chi connectivity index (χ2n) is 10.8. The summed E-state index contributed by atoms with van der Waals surface area (Å²) in [5.41, 5.74) is 4.59. The number of para-hydroxylation sites is 1. The van der Waals surface area contributed by atoms with E-state index in [9.17, 15) is 13.0 Å². The number of fused-ring (bicyclic) bond motifs is 6. The maximum Gasteiger partial charge on any atom is 0.265 e. The Bertz CT molecular complexity index is 2200. The first-order valence-corrected chi connectivity index (χ1v) is 17.9. The molecule has 2 heterocycles. The Kier molecular flexibility index (Phi) is 7.76. The average Bonchev–Trinajstić information content (AvgIpc) is 3.58. The van der Waals surface area contributed by atoms with E-state index in [0.29, 0.717) is 13.0 Å².